The first kappa shape index (κ1) is 16.1. The lowest BCUT2D eigenvalue weighted by molar-refractivity contribution is 0.153. The third-order valence-corrected chi connectivity index (χ3v) is 5.04. The zero-order valence-electron chi connectivity index (χ0n) is 14.6. The van der Waals surface area contributed by atoms with Crippen LogP contribution in [0.2, 0.25) is 0 Å². The van der Waals surface area contributed by atoms with Crippen LogP contribution in [0, 0.1) is 6.92 Å². The number of aromatic nitrogens is 2. The van der Waals surface area contributed by atoms with Gasteiger partial charge in [0.1, 0.15) is 5.76 Å². The van der Waals surface area contributed by atoms with Gasteiger partial charge in [-0.3, -0.25) is 4.90 Å². The summed E-state index contributed by atoms with van der Waals surface area (Å²) in [7, 11) is 0. The number of nitrogens with one attached hydrogen (secondary N) is 1. The topological polar surface area (TPSA) is 54.2 Å². The molecule has 0 amide bonds. The molecular formula is C20H24N4O. The first-order valence-electron chi connectivity index (χ1n) is 9.06. The second-order valence-corrected chi connectivity index (χ2v) is 6.69. The van der Waals surface area contributed by atoms with Crippen molar-refractivity contribution in [3.63, 3.8) is 0 Å². The highest BCUT2D eigenvalue weighted by Crippen LogP contribution is 2.27. The molecule has 3 heterocycles. The summed E-state index contributed by atoms with van der Waals surface area (Å²) in [5, 5.41) is 14.5. The SMILES string of the molecule is Cc1nnc(NCC(c2ccco2)N2CCCCC2)c2ccccc12. The number of benzene rings is 1. The van der Waals surface area contributed by atoms with Crippen LogP contribution in [0.4, 0.5) is 5.82 Å². The molecular weight excluding hydrogens is 312 g/mol. The Balaban J connectivity index is 1.58. The third kappa shape index (κ3) is 3.37. The van der Waals surface area contributed by atoms with Crippen molar-refractivity contribution in [2.45, 2.75) is 32.2 Å². The Morgan fingerprint density at radius 1 is 1.04 bits per heavy atom. The van der Waals surface area contributed by atoms with Gasteiger partial charge in [-0.1, -0.05) is 30.7 Å². The number of anilines is 1. The quantitative estimate of drug-likeness (QED) is 0.758. The smallest absolute Gasteiger partial charge is 0.156 e. The van der Waals surface area contributed by atoms with Gasteiger partial charge in [-0.05, 0) is 45.0 Å². The van der Waals surface area contributed by atoms with Crippen molar-refractivity contribution < 1.29 is 4.42 Å². The van der Waals surface area contributed by atoms with Crippen molar-refractivity contribution in [1.82, 2.24) is 15.1 Å². The largest absolute Gasteiger partial charge is 0.468 e. The van der Waals surface area contributed by atoms with E-state index < -0.39 is 0 Å². The van der Waals surface area contributed by atoms with Crippen molar-refractivity contribution in [1.29, 1.82) is 0 Å². The standard InChI is InChI=1S/C20H24N4O/c1-15-16-8-3-4-9-17(16)20(23-22-15)21-14-18(19-10-7-13-25-19)24-11-5-2-6-12-24/h3-4,7-10,13,18H,2,5-6,11-12,14H2,1H3,(H,21,23). The van der Waals surface area contributed by atoms with Crippen LogP contribution in [0.3, 0.4) is 0 Å². The lowest BCUT2D eigenvalue weighted by Gasteiger charge is -2.33. The maximum atomic E-state index is 5.73. The Labute approximate surface area is 148 Å². The van der Waals surface area contributed by atoms with Gasteiger partial charge in [0.15, 0.2) is 5.82 Å². The van der Waals surface area contributed by atoms with Gasteiger partial charge in [0.25, 0.3) is 0 Å². The van der Waals surface area contributed by atoms with Gasteiger partial charge in [0.2, 0.25) is 0 Å². The van der Waals surface area contributed by atoms with Crippen molar-refractivity contribution in [2.24, 2.45) is 0 Å². The molecule has 4 rings (SSSR count). The maximum absolute atomic E-state index is 5.73. The molecule has 2 aromatic heterocycles. The molecule has 1 aromatic carbocycles. The fourth-order valence-electron chi connectivity index (χ4n) is 3.68. The number of hydrogen-bond acceptors (Lipinski definition) is 5. The van der Waals surface area contributed by atoms with Crippen molar-refractivity contribution in [3.8, 4) is 0 Å². The van der Waals surface area contributed by atoms with Crippen LogP contribution >= 0.6 is 0 Å². The molecule has 0 saturated carbocycles. The Hall–Kier alpha value is -2.40. The molecule has 0 radical (unpaired) electrons. The molecule has 5 nitrogen and oxygen atoms in total. The van der Waals surface area contributed by atoms with Gasteiger partial charge in [-0.25, -0.2) is 0 Å². The normalized spacial score (nSPS) is 16.8. The van der Waals surface area contributed by atoms with Gasteiger partial charge in [0, 0.05) is 17.3 Å². The van der Waals surface area contributed by atoms with Gasteiger partial charge in [0.05, 0.1) is 18.0 Å². The van der Waals surface area contributed by atoms with Crippen LogP contribution < -0.4 is 5.32 Å². The summed E-state index contributed by atoms with van der Waals surface area (Å²) in [6, 6.07) is 12.5. The van der Waals surface area contributed by atoms with E-state index in [-0.39, 0.29) is 6.04 Å². The lowest BCUT2D eigenvalue weighted by Crippen LogP contribution is -2.37. The summed E-state index contributed by atoms with van der Waals surface area (Å²) in [6.45, 7) is 4.99. The lowest BCUT2D eigenvalue weighted by atomic mass is 10.1. The zero-order valence-corrected chi connectivity index (χ0v) is 14.6. The van der Waals surface area contributed by atoms with E-state index in [1.165, 1.54) is 19.3 Å². The van der Waals surface area contributed by atoms with Crippen molar-refractivity contribution in [2.75, 3.05) is 25.0 Å². The van der Waals surface area contributed by atoms with E-state index in [4.69, 9.17) is 4.42 Å². The monoisotopic (exact) mass is 336 g/mol. The van der Waals surface area contributed by atoms with Crippen LogP contribution in [-0.2, 0) is 0 Å². The number of likely N-dealkylation sites (tertiary alicyclic amines) is 1. The summed E-state index contributed by atoms with van der Waals surface area (Å²) in [5.41, 5.74) is 0.958. The second kappa shape index (κ2) is 7.23. The Kier molecular flexibility index (Phi) is 4.65. The minimum atomic E-state index is 0.220. The molecule has 3 aromatic rings. The second-order valence-electron chi connectivity index (χ2n) is 6.69. The van der Waals surface area contributed by atoms with E-state index in [9.17, 15) is 0 Å². The van der Waals surface area contributed by atoms with Crippen LogP contribution in [-0.4, -0.2) is 34.7 Å². The van der Waals surface area contributed by atoms with Crippen molar-refractivity contribution in [3.05, 3.63) is 54.1 Å². The number of piperidine rings is 1. The molecule has 0 spiro atoms. The summed E-state index contributed by atoms with van der Waals surface area (Å²) < 4.78 is 5.73. The molecule has 130 valence electrons. The van der Waals surface area contributed by atoms with Crippen molar-refractivity contribution >= 4 is 16.6 Å². The molecule has 1 aliphatic rings. The van der Waals surface area contributed by atoms with Gasteiger partial charge >= 0.3 is 0 Å². The van der Waals surface area contributed by atoms with Crippen LogP contribution in [0.15, 0.2) is 47.1 Å². The van der Waals surface area contributed by atoms with E-state index in [1.54, 1.807) is 6.26 Å². The van der Waals surface area contributed by atoms with Gasteiger partial charge < -0.3 is 9.73 Å². The summed E-state index contributed by atoms with van der Waals surface area (Å²) >= 11 is 0. The zero-order chi connectivity index (χ0) is 17.1. The molecule has 1 fully saturated rings. The summed E-state index contributed by atoms with van der Waals surface area (Å²) in [6.07, 6.45) is 5.59. The van der Waals surface area contributed by atoms with E-state index in [0.717, 1.165) is 47.7 Å². The molecule has 0 aliphatic carbocycles. The van der Waals surface area contributed by atoms with Crippen LogP contribution in [0.5, 0.6) is 0 Å². The predicted octanol–water partition coefficient (Wildman–Crippen LogP) is 4.17. The van der Waals surface area contributed by atoms with Gasteiger partial charge in [-0.15, -0.1) is 5.10 Å². The number of nitrogens with zero attached hydrogens (tertiary/aromatic N) is 3. The highest BCUT2D eigenvalue weighted by Gasteiger charge is 2.24. The van der Waals surface area contributed by atoms with E-state index in [1.807, 2.05) is 25.1 Å². The predicted molar refractivity (Wildman–Crippen MR) is 99.6 cm³/mol. The molecule has 1 saturated heterocycles. The summed E-state index contributed by atoms with van der Waals surface area (Å²) in [4.78, 5) is 2.51. The van der Waals surface area contributed by atoms with Gasteiger partial charge in [-0.2, -0.15) is 5.10 Å². The average Bonchev–Trinajstić information content (AvgIpc) is 3.19. The fraction of sp³-hybridized carbons (Fsp3) is 0.400. The summed E-state index contributed by atoms with van der Waals surface area (Å²) in [5.74, 6) is 1.86. The molecule has 1 aliphatic heterocycles. The van der Waals surface area contributed by atoms with Crippen LogP contribution in [0.25, 0.3) is 10.8 Å². The molecule has 25 heavy (non-hydrogen) atoms. The maximum Gasteiger partial charge on any atom is 0.156 e. The molecule has 1 N–H and O–H groups in total. The first-order valence-corrected chi connectivity index (χ1v) is 9.06. The fourth-order valence-corrected chi connectivity index (χ4v) is 3.68. The van der Waals surface area contributed by atoms with Crippen LogP contribution in [0.1, 0.15) is 36.8 Å². The Morgan fingerprint density at radius 3 is 2.60 bits per heavy atom. The first-order chi connectivity index (χ1) is 12.3. The number of furan rings is 1. The molecule has 1 unspecified atom stereocenters. The minimum Gasteiger partial charge on any atom is -0.468 e. The van der Waals surface area contributed by atoms with E-state index >= 15 is 0 Å². The Bertz CT molecular complexity index is 825. The molecule has 5 heteroatoms. The van der Waals surface area contributed by atoms with E-state index in [2.05, 4.69) is 38.6 Å². The number of rotatable bonds is 5. The molecule has 1 atom stereocenters. The molecule has 0 bridgehead atoms. The number of aryl methyl sites for hydroxylation is 1. The number of fused-ring (bicyclic) bond motifs is 1. The average molecular weight is 336 g/mol. The van der Waals surface area contributed by atoms with E-state index in [0.29, 0.717) is 0 Å². The third-order valence-electron chi connectivity index (χ3n) is 5.04. The number of hydrogen-bond donors (Lipinski definition) is 1. The highest BCUT2D eigenvalue weighted by molar-refractivity contribution is 5.92. The Morgan fingerprint density at radius 2 is 1.84 bits per heavy atom. The highest BCUT2D eigenvalue weighted by atomic mass is 16.3. The minimum absolute atomic E-state index is 0.220.